The van der Waals surface area contributed by atoms with Gasteiger partial charge in [0.05, 0.1) is 22.5 Å². The van der Waals surface area contributed by atoms with Crippen LogP contribution in [0.15, 0.2) is 22.9 Å². The van der Waals surface area contributed by atoms with Gasteiger partial charge < -0.3 is 35.8 Å². The van der Waals surface area contributed by atoms with Crippen LogP contribution in [-0.2, 0) is 34.7 Å². The van der Waals surface area contributed by atoms with Crippen LogP contribution in [0.25, 0.3) is 0 Å². The van der Waals surface area contributed by atoms with Gasteiger partial charge in [0.25, 0.3) is 5.91 Å². The van der Waals surface area contributed by atoms with Crippen LogP contribution >= 0.6 is 11.3 Å². The van der Waals surface area contributed by atoms with Crippen molar-refractivity contribution >= 4 is 40.7 Å². The third-order valence-electron chi connectivity index (χ3n) is 10.7. The molecule has 280 valence electrons. The van der Waals surface area contributed by atoms with E-state index in [2.05, 4.69) is 10.6 Å². The highest BCUT2D eigenvalue weighted by atomic mass is 32.1. The van der Waals surface area contributed by atoms with Gasteiger partial charge in [-0.15, -0.1) is 11.3 Å². The lowest BCUT2D eigenvalue weighted by Gasteiger charge is -2.39. The zero-order chi connectivity index (χ0) is 36.5. The van der Waals surface area contributed by atoms with Gasteiger partial charge in [-0.1, -0.05) is 0 Å². The standard InChI is InChI=1S/C34H42F6N6O4S/c35-33(36,37)25-15-20(16-26(29(25)41)34(38,39)40)17-28(30(47)44-10-3-22(4-11-44)21-1-8-42-9-2-21)50-32(49)45-12-6-24(7-13-45)46-14-5-23-18-51-19-27(23)43-31(46)48/h15-16,18-19,21-22,24,28,42H,1-14,17,41H2,(H,43,48)/t28-/m1/s1. The summed E-state index contributed by atoms with van der Waals surface area (Å²) in [5.74, 6) is 0.219. The van der Waals surface area contributed by atoms with Crippen LogP contribution in [0.4, 0.5) is 47.3 Å². The molecule has 6 rings (SSSR count). The van der Waals surface area contributed by atoms with Crippen molar-refractivity contribution in [1.82, 2.24) is 20.0 Å². The summed E-state index contributed by atoms with van der Waals surface area (Å²) in [6, 6.07) is 0.566. The molecule has 10 nitrogen and oxygen atoms in total. The number of hydrogen-bond donors (Lipinski definition) is 3. The van der Waals surface area contributed by atoms with Gasteiger partial charge in [0.2, 0.25) is 0 Å². The number of urea groups is 1. The molecule has 0 bridgehead atoms. The Morgan fingerprint density at radius 2 is 1.45 bits per heavy atom. The number of nitrogens with two attached hydrogens (primary N) is 1. The number of nitrogens with zero attached hydrogens (tertiary/aromatic N) is 3. The first-order valence-electron chi connectivity index (χ1n) is 17.3. The predicted octanol–water partition coefficient (Wildman–Crippen LogP) is 6.21. The lowest BCUT2D eigenvalue weighted by molar-refractivity contribution is -0.142. The van der Waals surface area contributed by atoms with E-state index in [0.29, 0.717) is 75.7 Å². The Bertz CT molecular complexity index is 1540. The van der Waals surface area contributed by atoms with E-state index >= 15 is 0 Å². The number of fused-ring (bicyclic) bond motifs is 1. The molecular weight excluding hydrogens is 702 g/mol. The first-order chi connectivity index (χ1) is 24.2. The third-order valence-corrected chi connectivity index (χ3v) is 11.5. The molecule has 1 atom stereocenters. The van der Waals surface area contributed by atoms with E-state index < -0.39 is 59.3 Å². The molecule has 5 heterocycles. The highest BCUT2D eigenvalue weighted by Gasteiger charge is 2.42. The average Bonchev–Trinajstić information content (AvgIpc) is 3.47. The average molecular weight is 745 g/mol. The maximum absolute atomic E-state index is 13.9. The number of likely N-dealkylation sites (tertiary alicyclic amines) is 2. The van der Waals surface area contributed by atoms with E-state index in [9.17, 15) is 40.7 Å². The number of benzene rings is 1. The van der Waals surface area contributed by atoms with Crippen LogP contribution in [0, 0.1) is 11.8 Å². The number of piperidine rings is 3. The van der Waals surface area contributed by atoms with Crippen molar-refractivity contribution in [2.45, 2.75) is 75.9 Å². The number of carbonyl (C=O) groups excluding carboxylic acids is 3. The van der Waals surface area contributed by atoms with E-state index in [4.69, 9.17) is 10.5 Å². The number of rotatable bonds is 6. The monoisotopic (exact) mass is 744 g/mol. The molecule has 0 saturated carbocycles. The molecule has 0 aliphatic carbocycles. The van der Waals surface area contributed by atoms with E-state index in [1.54, 1.807) is 4.90 Å². The first kappa shape index (κ1) is 37.0. The largest absolute Gasteiger partial charge is 0.436 e. The van der Waals surface area contributed by atoms with Crippen LogP contribution in [-0.4, -0.2) is 90.7 Å². The second-order valence-corrected chi connectivity index (χ2v) is 14.6. The summed E-state index contributed by atoms with van der Waals surface area (Å²) in [6.07, 6.45) is -8.75. The van der Waals surface area contributed by atoms with E-state index in [-0.39, 0.29) is 25.2 Å². The van der Waals surface area contributed by atoms with Crippen LogP contribution in [0.2, 0.25) is 0 Å². The minimum atomic E-state index is -5.20. The maximum atomic E-state index is 13.9. The Morgan fingerprint density at radius 3 is 2.06 bits per heavy atom. The van der Waals surface area contributed by atoms with Crippen LogP contribution in [0.3, 0.4) is 0 Å². The molecule has 1 aromatic carbocycles. The summed E-state index contributed by atoms with van der Waals surface area (Å²) in [7, 11) is 0. The molecule has 4 amide bonds. The van der Waals surface area contributed by atoms with Crippen LogP contribution in [0.1, 0.15) is 60.8 Å². The summed E-state index contributed by atoms with van der Waals surface area (Å²) < 4.78 is 88.8. The predicted molar refractivity (Wildman–Crippen MR) is 178 cm³/mol. The van der Waals surface area contributed by atoms with E-state index in [1.807, 2.05) is 10.8 Å². The Kier molecular flexibility index (Phi) is 11.0. The summed E-state index contributed by atoms with van der Waals surface area (Å²) in [5.41, 5.74) is 1.87. The second kappa shape index (κ2) is 15.1. The van der Waals surface area contributed by atoms with Crippen molar-refractivity contribution < 1.29 is 45.5 Å². The summed E-state index contributed by atoms with van der Waals surface area (Å²) in [4.78, 5) is 45.0. The van der Waals surface area contributed by atoms with Gasteiger partial charge in [-0.2, -0.15) is 26.3 Å². The lowest BCUT2D eigenvalue weighted by Crippen LogP contribution is -2.52. The van der Waals surface area contributed by atoms with Crippen molar-refractivity contribution in [3.63, 3.8) is 0 Å². The SMILES string of the molecule is Nc1c(C(F)(F)F)cc(C[C@@H](OC(=O)N2CCC(N3CCc4cscc4NC3=O)CC2)C(=O)N2CCC(C3CCNCC3)CC2)cc1C(F)(F)F. The number of halogens is 6. The summed E-state index contributed by atoms with van der Waals surface area (Å²) >= 11 is 1.51. The smallest absolute Gasteiger partial charge is 0.418 e. The van der Waals surface area contributed by atoms with Crippen molar-refractivity contribution in [1.29, 1.82) is 0 Å². The van der Waals surface area contributed by atoms with Gasteiger partial charge in [-0.05, 0) is 98.5 Å². The van der Waals surface area contributed by atoms with Crippen molar-refractivity contribution in [2.75, 3.05) is 56.9 Å². The van der Waals surface area contributed by atoms with Gasteiger partial charge in [0, 0.05) is 50.6 Å². The Morgan fingerprint density at radius 1 is 0.863 bits per heavy atom. The zero-order valence-electron chi connectivity index (χ0n) is 28.0. The van der Waals surface area contributed by atoms with Crippen LogP contribution < -0.4 is 16.4 Å². The Balaban J connectivity index is 1.17. The number of carbonyl (C=O) groups is 3. The van der Waals surface area contributed by atoms with Crippen molar-refractivity contribution in [3.8, 4) is 0 Å². The normalized spacial score (nSPS) is 20.8. The second-order valence-electron chi connectivity index (χ2n) is 13.8. The number of hydrogen-bond acceptors (Lipinski definition) is 7. The van der Waals surface area contributed by atoms with Crippen molar-refractivity contribution in [2.24, 2.45) is 11.8 Å². The molecule has 0 radical (unpaired) electrons. The zero-order valence-corrected chi connectivity index (χ0v) is 28.8. The number of anilines is 2. The number of thiophene rings is 1. The summed E-state index contributed by atoms with van der Waals surface area (Å²) in [6.45, 7) is 3.35. The van der Waals surface area contributed by atoms with Crippen LogP contribution in [0.5, 0.6) is 0 Å². The molecule has 2 aromatic rings. The van der Waals surface area contributed by atoms with Gasteiger partial charge in [-0.3, -0.25) is 4.79 Å². The van der Waals surface area contributed by atoms with Gasteiger partial charge in [0.15, 0.2) is 6.10 Å². The van der Waals surface area contributed by atoms with E-state index in [1.165, 1.54) is 21.1 Å². The Labute approximate surface area is 295 Å². The molecule has 3 saturated heterocycles. The molecule has 0 unspecified atom stereocenters. The third kappa shape index (κ3) is 8.50. The molecule has 4 N–H and O–H groups in total. The molecule has 4 aliphatic rings. The fraction of sp³-hybridized carbons (Fsp3) is 0.618. The fourth-order valence-corrected chi connectivity index (χ4v) is 8.69. The molecule has 0 spiro atoms. The molecule has 17 heteroatoms. The minimum Gasteiger partial charge on any atom is -0.436 e. The maximum Gasteiger partial charge on any atom is 0.418 e. The topological polar surface area (TPSA) is 120 Å². The highest BCUT2D eigenvalue weighted by Crippen LogP contribution is 2.42. The lowest BCUT2D eigenvalue weighted by atomic mass is 9.79. The number of alkyl halides is 6. The number of amides is 4. The van der Waals surface area contributed by atoms with Gasteiger partial charge in [0.1, 0.15) is 0 Å². The summed E-state index contributed by atoms with van der Waals surface area (Å²) in [5, 5.41) is 10.1. The fourth-order valence-electron chi connectivity index (χ4n) is 7.86. The number of nitrogen functional groups attached to an aromatic ring is 1. The molecule has 1 aromatic heterocycles. The van der Waals surface area contributed by atoms with E-state index in [0.717, 1.165) is 37.2 Å². The molecule has 3 fully saturated rings. The molecule has 51 heavy (non-hydrogen) atoms. The van der Waals surface area contributed by atoms with Gasteiger partial charge >= 0.3 is 24.5 Å². The molecule has 4 aliphatic heterocycles. The number of nitrogens with one attached hydrogen (secondary N) is 2. The molecular formula is C34H42F6N6O4S. The quantitative estimate of drug-likeness (QED) is 0.239. The van der Waals surface area contributed by atoms with Gasteiger partial charge in [-0.25, -0.2) is 9.59 Å². The minimum absolute atomic E-state index is 0.170. The Hall–Kier alpha value is -3.73. The van der Waals surface area contributed by atoms with Crippen molar-refractivity contribution in [3.05, 3.63) is 45.1 Å². The number of ether oxygens (including phenoxy) is 1. The highest BCUT2D eigenvalue weighted by molar-refractivity contribution is 7.08. The first-order valence-corrected chi connectivity index (χ1v) is 18.3.